The van der Waals surface area contributed by atoms with Gasteiger partial charge >= 0.3 is 0 Å². The van der Waals surface area contributed by atoms with Crippen LogP contribution in [-0.2, 0) is 0 Å². The van der Waals surface area contributed by atoms with Crippen molar-refractivity contribution in [2.75, 3.05) is 33.2 Å². The van der Waals surface area contributed by atoms with Gasteiger partial charge in [0.2, 0.25) is 0 Å². The molecular formula is C15H33N3. The molecular weight excluding hydrogens is 222 g/mol. The number of rotatable bonds is 6. The van der Waals surface area contributed by atoms with Crippen molar-refractivity contribution >= 4 is 0 Å². The number of nitrogens with two attached hydrogens (primary N) is 1. The first-order chi connectivity index (χ1) is 8.43. The van der Waals surface area contributed by atoms with Crippen LogP contribution in [0.15, 0.2) is 0 Å². The minimum atomic E-state index is 0.676. The van der Waals surface area contributed by atoms with Crippen molar-refractivity contribution in [1.82, 2.24) is 9.80 Å². The Kier molecular flexibility index (Phi) is 6.61. The van der Waals surface area contributed by atoms with Crippen molar-refractivity contribution < 1.29 is 0 Å². The Morgan fingerprint density at radius 2 is 1.72 bits per heavy atom. The summed E-state index contributed by atoms with van der Waals surface area (Å²) >= 11 is 0. The second-order valence-corrected chi connectivity index (χ2v) is 6.64. The zero-order chi connectivity index (χ0) is 13.7. The zero-order valence-corrected chi connectivity index (χ0v) is 13.0. The Morgan fingerprint density at radius 1 is 1.17 bits per heavy atom. The number of likely N-dealkylation sites (N-methyl/N-ethyl adjacent to an activating group) is 1. The molecule has 0 aliphatic carbocycles. The summed E-state index contributed by atoms with van der Waals surface area (Å²) in [5.74, 6) is 1.47. The van der Waals surface area contributed by atoms with Crippen LogP contribution in [0, 0.1) is 11.8 Å². The molecule has 0 amide bonds. The highest BCUT2D eigenvalue weighted by molar-refractivity contribution is 4.83. The van der Waals surface area contributed by atoms with Crippen molar-refractivity contribution in [1.29, 1.82) is 0 Å². The summed E-state index contributed by atoms with van der Waals surface area (Å²) in [7, 11) is 2.24. The normalized spacial score (nSPS) is 28.8. The number of piperazine rings is 1. The van der Waals surface area contributed by atoms with Crippen LogP contribution in [0.25, 0.3) is 0 Å². The van der Waals surface area contributed by atoms with Gasteiger partial charge in [-0.25, -0.2) is 0 Å². The van der Waals surface area contributed by atoms with E-state index in [1.54, 1.807) is 0 Å². The molecule has 1 saturated heterocycles. The molecule has 3 atom stereocenters. The molecule has 0 bridgehead atoms. The molecule has 1 heterocycles. The largest absolute Gasteiger partial charge is 0.330 e. The van der Waals surface area contributed by atoms with Crippen LogP contribution in [-0.4, -0.2) is 55.1 Å². The average molecular weight is 255 g/mol. The third-order valence-electron chi connectivity index (χ3n) is 4.43. The van der Waals surface area contributed by atoms with Gasteiger partial charge in [-0.3, -0.25) is 4.90 Å². The number of hydrogen-bond donors (Lipinski definition) is 1. The topological polar surface area (TPSA) is 32.5 Å². The van der Waals surface area contributed by atoms with Gasteiger partial charge in [0.1, 0.15) is 0 Å². The lowest BCUT2D eigenvalue weighted by molar-refractivity contribution is 0.0563. The van der Waals surface area contributed by atoms with Crippen LogP contribution >= 0.6 is 0 Å². The van der Waals surface area contributed by atoms with E-state index in [1.807, 2.05) is 0 Å². The second kappa shape index (κ2) is 7.46. The first kappa shape index (κ1) is 15.9. The standard InChI is InChI=1S/C15H33N3/c1-12(2)8-15(9-16)6-7-18-10-13(3)17(5)14(4)11-18/h12-15H,6-11,16H2,1-5H3. The van der Waals surface area contributed by atoms with Gasteiger partial charge in [-0.15, -0.1) is 0 Å². The smallest absolute Gasteiger partial charge is 0.0195 e. The highest BCUT2D eigenvalue weighted by Gasteiger charge is 2.26. The van der Waals surface area contributed by atoms with Gasteiger partial charge in [0, 0.05) is 25.2 Å². The van der Waals surface area contributed by atoms with Crippen molar-refractivity contribution in [3.63, 3.8) is 0 Å². The third-order valence-corrected chi connectivity index (χ3v) is 4.43. The molecule has 18 heavy (non-hydrogen) atoms. The molecule has 3 heteroatoms. The van der Waals surface area contributed by atoms with E-state index in [9.17, 15) is 0 Å². The predicted octanol–water partition coefficient (Wildman–Crippen LogP) is 2.02. The molecule has 108 valence electrons. The Labute approximate surface area is 114 Å². The highest BCUT2D eigenvalue weighted by Crippen LogP contribution is 2.18. The average Bonchev–Trinajstić information content (AvgIpc) is 2.30. The maximum Gasteiger partial charge on any atom is 0.0195 e. The van der Waals surface area contributed by atoms with Gasteiger partial charge in [-0.05, 0) is 58.7 Å². The molecule has 1 rings (SSSR count). The summed E-state index contributed by atoms with van der Waals surface area (Å²) in [6.07, 6.45) is 2.53. The molecule has 0 radical (unpaired) electrons. The number of nitrogens with zero attached hydrogens (tertiary/aromatic N) is 2. The first-order valence-electron chi connectivity index (χ1n) is 7.58. The molecule has 3 nitrogen and oxygen atoms in total. The van der Waals surface area contributed by atoms with Crippen LogP contribution in [0.5, 0.6) is 0 Å². The molecule has 1 fully saturated rings. The van der Waals surface area contributed by atoms with Crippen LogP contribution in [0.3, 0.4) is 0 Å². The fourth-order valence-electron chi connectivity index (χ4n) is 3.06. The summed E-state index contributed by atoms with van der Waals surface area (Å²) in [6, 6.07) is 1.35. The molecule has 0 spiro atoms. The Hall–Kier alpha value is -0.120. The van der Waals surface area contributed by atoms with E-state index in [-0.39, 0.29) is 0 Å². The van der Waals surface area contributed by atoms with Crippen molar-refractivity contribution in [2.24, 2.45) is 17.6 Å². The van der Waals surface area contributed by atoms with E-state index >= 15 is 0 Å². The molecule has 0 aromatic rings. The Balaban J connectivity index is 2.34. The molecule has 0 aromatic carbocycles. The summed E-state index contributed by atoms with van der Waals surface area (Å²) in [4.78, 5) is 5.11. The third kappa shape index (κ3) is 4.87. The predicted molar refractivity (Wildman–Crippen MR) is 79.7 cm³/mol. The minimum absolute atomic E-state index is 0.676. The van der Waals surface area contributed by atoms with Crippen LogP contribution in [0.4, 0.5) is 0 Å². The van der Waals surface area contributed by atoms with E-state index in [0.717, 1.165) is 12.5 Å². The van der Waals surface area contributed by atoms with Crippen molar-refractivity contribution in [3.05, 3.63) is 0 Å². The van der Waals surface area contributed by atoms with Gasteiger partial charge in [0.25, 0.3) is 0 Å². The molecule has 0 aromatic heterocycles. The monoisotopic (exact) mass is 255 g/mol. The number of hydrogen-bond acceptors (Lipinski definition) is 3. The van der Waals surface area contributed by atoms with E-state index in [0.29, 0.717) is 18.0 Å². The molecule has 1 aliphatic heterocycles. The lowest BCUT2D eigenvalue weighted by atomic mass is 9.94. The zero-order valence-electron chi connectivity index (χ0n) is 13.0. The summed E-state index contributed by atoms with van der Waals surface area (Å²) in [5.41, 5.74) is 5.89. The quantitative estimate of drug-likeness (QED) is 0.788. The lowest BCUT2D eigenvalue weighted by Gasteiger charge is -2.42. The molecule has 1 aliphatic rings. The summed E-state index contributed by atoms with van der Waals surface area (Å²) in [6.45, 7) is 13.7. The van der Waals surface area contributed by atoms with Crippen LogP contribution in [0.1, 0.15) is 40.5 Å². The lowest BCUT2D eigenvalue weighted by Crippen LogP contribution is -2.55. The second-order valence-electron chi connectivity index (χ2n) is 6.64. The van der Waals surface area contributed by atoms with Gasteiger partial charge in [0.05, 0.1) is 0 Å². The maximum atomic E-state index is 5.89. The molecule has 3 unspecified atom stereocenters. The summed E-state index contributed by atoms with van der Waals surface area (Å²) < 4.78 is 0. The fraction of sp³-hybridized carbons (Fsp3) is 1.00. The first-order valence-corrected chi connectivity index (χ1v) is 7.58. The Bertz CT molecular complexity index is 218. The Morgan fingerprint density at radius 3 is 2.17 bits per heavy atom. The van der Waals surface area contributed by atoms with E-state index in [2.05, 4.69) is 44.5 Å². The van der Waals surface area contributed by atoms with Crippen LogP contribution < -0.4 is 5.73 Å². The SMILES string of the molecule is CC(C)CC(CN)CCN1CC(C)N(C)C(C)C1. The molecule has 0 saturated carbocycles. The van der Waals surface area contributed by atoms with Crippen molar-refractivity contribution in [2.45, 2.75) is 52.6 Å². The maximum absolute atomic E-state index is 5.89. The summed E-state index contributed by atoms with van der Waals surface area (Å²) in [5, 5.41) is 0. The molecule has 2 N–H and O–H groups in total. The fourth-order valence-corrected chi connectivity index (χ4v) is 3.06. The van der Waals surface area contributed by atoms with E-state index in [4.69, 9.17) is 5.73 Å². The van der Waals surface area contributed by atoms with Gasteiger partial charge in [0.15, 0.2) is 0 Å². The minimum Gasteiger partial charge on any atom is -0.330 e. The van der Waals surface area contributed by atoms with E-state index < -0.39 is 0 Å². The van der Waals surface area contributed by atoms with Crippen molar-refractivity contribution in [3.8, 4) is 0 Å². The van der Waals surface area contributed by atoms with Crippen LogP contribution in [0.2, 0.25) is 0 Å². The van der Waals surface area contributed by atoms with E-state index in [1.165, 1.54) is 32.5 Å². The van der Waals surface area contributed by atoms with Gasteiger partial charge in [-0.1, -0.05) is 13.8 Å². The van der Waals surface area contributed by atoms with Gasteiger partial charge < -0.3 is 10.6 Å². The highest BCUT2D eigenvalue weighted by atomic mass is 15.3. The van der Waals surface area contributed by atoms with Gasteiger partial charge in [-0.2, -0.15) is 0 Å².